The monoisotopic (exact) mass is 651 g/mol. The Hall–Kier alpha value is -4.35. The fourth-order valence-corrected chi connectivity index (χ4v) is 7.57. The Bertz CT molecular complexity index is 1690. The molecule has 0 aliphatic carbocycles. The number of carbonyl (C=O) groups excluding carboxylic acids is 3. The molecule has 1 unspecified atom stereocenters. The van der Waals surface area contributed by atoms with Gasteiger partial charge in [-0.25, -0.2) is 9.97 Å². The van der Waals surface area contributed by atoms with Gasteiger partial charge in [-0.3, -0.25) is 24.6 Å². The van der Waals surface area contributed by atoms with E-state index in [-0.39, 0.29) is 24.3 Å². The van der Waals surface area contributed by atoms with E-state index in [0.717, 1.165) is 62.3 Å². The van der Waals surface area contributed by atoms with E-state index < -0.39 is 17.6 Å². The number of benzene rings is 2. The van der Waals surface area contributed by atoms with Crippen molar-refractivity contribution in [1.82, 2.24) is 25.1 Å². The molecule has 3 aromatic rings. The SMILES string of the molecule is CC(C)c1cnc(N[C@H]2CCCN(c3cccc(CN4CCC(O)(c5ccc6c(c5)CN(C5CCC(=O)NC5=O)C6=O)CC4)c3)C2)nc1. The number of aromatic nitrogens is 2. The Morgan fingerprint density at radius 2 is 1.81 bits per heavy atom. The predicted octanol–water partition coefficient (Wildman–Crippen LogP) is 3.93. The summed E-state index contributed by atoms with van der Waals surface area (Å²) in [6.07, 6.45) is 7.76. The van der Waals surface area contributed by atoms with Gasteiger partial charge in [0, 0.05) is 75.4 Å². The number of rotatable bonds is 8. The van der Waals surface area contributed by atoms with E-state index in [4.69, 9.17) is 0 Å². The number of amides is 3. The van der Waals surface area contributed by atoms with E-state index in [0.29, 0.717) is 43.2 Å². The summed E-state index contributed by atoms with van der Waals surface area (Å²) in [5.41, 5.74) is 4.84. The molecule has 11 heteroatoms. The predicted molar refractivity (Wildman–Crippen MR) is 182 cm³/mol. The van der Waals surface area contributed by atoms with Crippen LogP contribution in [0.15, 0.2) is 54.9 Å². The first-order chi connectivity index (χ1) is 23.1. The van der Waals surface area contributed by atoms with E-state index >= 15 is 0 Å². The molecule has 2 atom stereocenters. The summed E-state index contributed by atoms with van der Waals surface area (Å²) in [5.74, 6) is 0.184. The van der Waals surface area contributed by atoms with Gasteiger partial charge in [0.1, 0.15) is 6.04 Å². The lowest BCUT2D eigenvalue weighted by Crippen LogP contribution is -2.52. The van der Waals surface area contributed by atoms with Crippen LogP contribution in [0.25, 0.3) is 0 Å². The normalized spacial score (nSPS) is 23.0. The van der Waals surface area contributed by atoms with Crippen LogP contribution < -0.4 is 15.5 Å². The van der Waals surface area contributed by atoms with Crippen LogP contribution in [0.1, 0.15) is 90.9 Å². The highest BCUT2D eigenvalue weighted by atomic mass is 16.3. The smallest absolute Gasteiger partial charge is 0.255 e. The van der Waals surface area contributed by atoms with Crippen LogP contribution in [-0.2, 0) is 28.3 Å². The van der Waals surface area contributed by atoms with Gasteiger partial charge in [0.2, 0.25) is 17.8 Å². The van der Waals surface area contributed by atoms with Gasteiger partial charge in [-0.05, 0) is 78.5 Å². The molecule has 0 saturated carbocycles. The minimum Gasteiger partial charge on any atom is -0.385 e. The molecule has 3 fully saturated rings. The van der Waals surface area contributed by atoms with E-state index in [1.54, 1.807) is 11.0 Å². The maximum absolute atomic E-state index is 13.1. The number of aliphatic hydroxyl groups is 1. The van der Waals surface area contributed by atoms with E-state index in [9.17, 15) is 19.5 Å². The molecule has 3 amide bonds. The molecule has 11 nitrogen and oxygen atoms in total. The number of fused-ring (bicyclic) bond motifs is 1. The number of carbonyl (C=O) groups is 3. The van der Waals surface area contributed by atoms with Crippen molar-refractivity contribution in [3.05, 3.63) is 82.7 Å². The average molecular weight is 652 g/mol. The molecule has 48 heavy (non-hydrogen) atoms. The van der Waals surface area contributed by atoms with Gasteiger partial charge in [-0.15, -0.1) is 0 Å². The summed E-state index contributed by atoms with van der Waals surface area (Å²) in [7, 11) is 0. The van der Waals surface area contributed by atoms with Crippen LogP contribution in [0.4, 0.5) is 11.6 Å². The molecule has 0 radical (unpaired) electrons. The molecular formula is C37H45N7O4. The van der Waals surface area contributed by atoms with E-state index in [1.165, 1.54) is 11.3 Å². The molecule has 1 aromatic heterocycles. The van der Waals surface area contributed by atoms with Crippen molar-refractivity contribution in [2.75, 3.05) is 36.4 Å². The quantitative estimate of drug-likeness (QED) is 0.310. The Balaban J connectivity index is 0.943. The summed E-state index contributed by atoms with van der Waals surface area (Å²) in [6.45, 7) is 8.83. The molecule has 5 heterocycles. The van der Waals surface area contributed by atoms with Crippen LogP contribution in [-0.4, -0.2) is 80.9 Å². The molecule has 3 saturated heterocycles. The summed E-state index contributed by atoms with van der Waals surface area (Å²) >= 11 is 0. The number of likely N-dealkylation sites (tertiary alicyclic amines) is 1. The number of anilines is 2. The van der Waals surface area contributed by atoms with Crippen molar-refractivity contribution in [2.45, 2.75) is 89.1 Å². The third-order valence-electron chi connectivity index (χ3n) is 10.5. The van der Waals surface area contributed by atoms with Crippen molar-refractivity contribution < 1.29 is 19.5 Å². The number of nitrogens with one attached hydrogen (secondary N) is 2. The van der Waals surface area contributed by atoms with E-state index in [2.05, 4.69) is 68.5 Å². The molecule has 4 aliphatic rings. The molecule has 3 N–H and O–H groups in total. The summed E-state index contributed by atoms with van der Waals surface area (Å²) in [5, 5.41) is 17.6. The molecular weight excluding hydrogens is 606 g/mol. The van der Waals surface area contributed by atoms with Crippen LogP contribution in [0.3, 0.4) is 0 Å². The van der Waals surface area contributed by atoms with Gasteiger partial charge in [0.15, 0.2) is 0 Å². The number of hydrogen-bond acceptors (Lipinski definition) is 9. The lowest BCUT2D eigenvalue weighted by Gasteiger charge is -2.39. The zero-order valence-electron chi connectivity index (χ0n) is 27.8. The molecule has 4 aliphatic heterocycles. The minimum atomic E-state index is -0.979. The Kier molecular flexibility index (Phi) is 8.91. The first-order valence-electron chi connectivity index (χ1n) is 17.3. The van der Waals surface area contributed by atoms with E-state index in [1.807, 2.05) is 24.5 Å². The number of hydrogen-bond donors (Lipinski definition) is 3. The average Bonchev–Trinajstić information content (AvgIpc) is 3.41. The van der Waals surface area contributed by atoms with Crippen molar-refractivity contribution >= 4 is 29.4 Å². The number of imide groups is 1. The van der Waals surface area contributed by atoms with Crippen molar-refractivity contribution in [3.8, 4) is 0 Å². The highest BCUT2D eigenvalue weighted by Crippen LogP contribution is 2.37. The maximum atomic E-state index is 13.1. The molecule has 2 aromatic carbocycles. The van der Waals surface area contributed by atoms with Gasteiger partial charge in [-0.1, -0.05) is 38.1 Å². The number of piperidine rings is 3. The second kappa shape index (κ2) is 13.3. The van der Waals surface area contributed by atoms with Gasteiger partial charge < -0.3 is 20.2 Å². The van der Waals surface area contributed by atoms with Crippen LogP contribution >= 0.6 is 0 Å². The number of nitrogens with zero attached hydrogens (tertiary/aromatic N) is 5. The van der Waals surface area contributed by atoms with Gasteiger partial charge >= 0.3 is 0 Å². The first kappa shape index (κ1) is 32.2. The maximum Gasteiger partial charge on any atom is 0.255 e. The highest BCUT2D eigenvalue weighted by molar-refractivity contribution is 6.05. The fourth-order valence-electron chi connectivity index (χ4n) is 7.57. The summed E-state index contributed by atoms with van der Waals surface area (Å²) < 4.78 is 0. The third-order valence-corrected chi connectivity index (χ3v) is 10.5. The molecule has 7 rings (SSSR count). The van der Waals surface area contributed by atoms with Crippen LogP contribution in [0, 0.1) is 0 Å². The first-order valence-corrected chi connectivity index (χ1v) is 17.3. The van der Waals surface area contributed by atoms with Crippen molar-refractivity contribution in [2.24, 2.45) is 0 Å². The van der Waals surface area contributed by atoms with Gasteiger partial charge in [0.05, 0.1) is 5.60 Å². The third kappa shape index (κ3) is 6.66. The molecule has 0 spiro atoms. The molecule has 0 bridgehead atoms. The minimum absolute atomic E-state index is 0.197. The fraction of sp³-hybridized carbons (Fsp3) is 0.486. The Labute approximate surface area is 281 Å². The van der Waals surface area contributed by atoms with Crippen molar-refractivity contribution in [1.29, 1.82) is 0 Å². The van der Waals surface area contributed by atoms with Gasteiger partial charge in [-0.2, -0.15) is 0 Å². The highest BCUT2D eigenvalue weighted by Gasteiger charge is 2.41. The van der Waals surface area contributed by atoms with Gasteiger partial charge in [0.25, 0.3) is 5.91 Å². The second-order valence-corrected chi connectivity index (χ2v) is 14.2. The lowest BCUT2D eigenvalue weighted by atomic mass is 9.83. The Morgan fingerprint density at radius 1 is 1.02 bits per heavy atom. The second-order valence-electron chi connectivity index (χ2n) is 14.2. The zero-order chi connectivity index (χ0) is 33.4. The van der Waals surface area contributed by atoms with Crippen LogP contribution in [0.5, 0.6) is 0 Å². The summed E-state index contributed by atoms with van der Waals surface area (Å²) in [6, 6.07) is 14.0. The Morgan fingerprint density at radius 3 is 2.56 bits per heavy atom. The summed E-state index contributed by atoms with van der Waals surface area (Å²) in [4.78, 5) is 52.6. The largest absolute Gasteiger partial charge is 0.385 e. The standard InChI is InChI=1S/C37H45N7O4/c1-24(2)27-19-38-36(39-20-27)40-29-6-4-14-43(23-29)30-7-3-5-25(17-30)21-42-15-12-37(48,13-16-42)28-8-9-31-26(18-28)22-44(35(31)47)32-10-11-33(45)41-34(32)46/h3,5,7-9,17-20,24,29,32,48H,4,6,10-16,21-23H2,1-2H3,(H,38,39,40)(H,41,45,46)/t29-,32?/m0/s1. The van der Waals surface area contributed by atoms with Crippen LogP contribution in [0.2, 0.25) is 0 Å². The zero-order valence-corrected chi connectivity index (χ0v) is 27.8. The van der Waals surface area contributed by atoms with Crippen molar-refractivity contribution in [3.63, 3.8) is 0 Å². The topological polar surface area (TPSA) is 131 Å². The molecule has 252 valence electrons. The lowest BCUT2D eigenvalue weighted by molar-refractivity contribution is -0.136.